The molecule has 0 saturated heterocycles. The van der Waals surface area contributed by atoms with Gasteiger partial charge in [-0.15, -0.1) is 0 Å². The van der Waals surface area contributed by atoms with Gasteiger partial charge in [-0.3, -0.25) is 0 Å². The molecule has 0 unspecified atom stereocenters. The molecule has 0 aliphatic rings. The van der Waals surface area contributed by atoms with Gasteiger partial charge >= 0.3 is 0 Å². The van der Waals surface area contributed by atoms with Crippen LogP contribution in [0.25, 0.3) is 0 Å². The molecule has 0 radical (unpaired) electrons. The van der Waals surface area contributed by atoms with Crippen molar-refractivity contribution < 1.29 is 0 Å². The van der Waals surface area contributed by atoms with Crippen LogP contribution in [0.5, 0.6) is 0 Å². The monoisotopic (exact) mass is 176 g/mol. The molecule has 0 fully saturated rings. The van der Waals surface area contributed by atoms with Crippen LogP contribution in [0.1, 0.15) is 17.4 Å². The maximum Gasteiger partial charge on any atom is 0.105 e. The van der Waals surface area contributed by atoms with Crippen molar-refractivity contribution in [2.24, 2.45) is 0 Å². The van der Waals surface area contributed by atoms with E-state index in [9.17, 15) is 0 Å². The predicted octanol–water partition coefficient (Wildman–Crippen LogP) is 3.41. The van der Waals surface area contributed by atoms with Crippen molar-refractivity contribution >= 4 is 32.9 Å². The fraction of sp³-hybridized carbons (Fsp3) is 0.500. The lowest BCUT2D eigenvalue weighted by Crippen LogP contribution is -1.76. The normalized spacial score (nSPS) is 10.0. The number of hydrogen-bond donors (Lipinski definition) is 0. The van der Waals surface area contributed by atoms with E-state index in [-0.39, 0.29) is 0 Å². The summed E-state index contributed by atoms with van der Waals surface area (Å²) in [7, 11) is 3.51. The van der Waals surface area contributed by atoms with Crippen molar-refractivity contribution in [2.75, 3.05) is 0 Å². The van der Waals surface area contributed by atoms with Crippen LogP contribution in [0.4, 0.5) is 0 Å². The summed E-state index contributed by atoms with van der Waals surface area (Å²) in [5.41, 5.74) is 1.38. The van der Waals surface area contributed by atoms with Gasteiger partial charge in [-0.2, -0.15) is 0 Å². The SMILES string of the molecule is CCc1c(C)ssc1=S. The van der Waals surface area contributed by atoms with Crippen LogP contribution in [0.15, 0.2) is 0 Å². The Morgan fingerprint density at radius 1 is 1.44 bits per heavy atom. The molecule has 1 aromatic heterocycles. The molecule has 0 aliphatic heterocycles. The first-order valence-corrected chi connectivity index (χ1v) is 5.40. The number of hydrogen-bond acceptors (Lipinski definition) is 3. The summed E-state index contributed by atoms with van der Waals surface area (Å²) in [6.07, 6.45) is 1.09. The molecule has 3 heteroatoms. The van der Waals surface area contributed by atoms with Gasteiger partial charge in [0, 0.05) is 4.88 Å². The molecule has 0 aromatic carbocycles. The largest absolute Gasteiger partial charge is 0.105 e. The molecule has 0 saturated carbocycles. The van der Waals surface area contributed by atoms with E-state index in [4.69, 9.17) is 12.2 Å². The first kappa shape index (κ1) is 7.38. The zero-order valence-corrected chi connectivity index (χ0v) is 7.88. The van der Waals surface area contributed by atoms with Gasteiger partial charge in [0.2, 0.25) is 0 Å². The minimum absolute atomic E-state index is 1.08. The third-order valence-corrected chi connectivity index (χ3v) is 4.56. The van der Waals surface area contributed by atoms with Crippen LogP contribution in [0.3, 0.4) is 0 Å². The van der Waals surface area contributed by atoms with E-state index in [2.05, 4.69) is 13.8 Å². The Morgan fingerprint density at radius 3 is 2.33 bits per heavy atom. The van der Waals surface area contributed by atoms with E-state index < -0.39 is 0 Å². The molecule has 1 aromatic rings. The maximum atomic E-state index is 5.10. The molecule has 0 N–H and O–H groups in total. The molecule has 0 nitrogen and oxygen atoms in total. The van der Waals surface area contributed by atoms with E-state index in [1.807, 2.05) is 0 Å². The summed E-state index contributed by atoms with van der Waals surface area (Å²) in [6, 6.07) is 0. The second kappa shape index (κ2) is 2.90. The smallest absolute Gasteiger partial charge is 0.0837 e. The van der Waals surface area contributed by atoms with Gasteiger partial charge in [0.1, 0.15) is 3.82 Å². The molecule has 1 rings (SSSR count). The summed E-state index contributed by atoms with van der Waals surface area (Å²) in [5, 5.41) is 0. The van der Waals surface area contributed by atoms with E-state index in [1.165, 1.54) is 10.4 Å². The van der Waals surface area contributed by atoms with Crippen molar-refractivity contribution in [3.8, 4) is 0 Å². The van der Waals surface area contributed by atoms with Crippen molar-refractivity contribution in [1.29, 1.82) is 0 Å². The highest BCUT2D eigenvalue weighted by molar-refractivity contribution is 7.79. The third-order valence-electron chi connectivity index (χ3n) is 1.27. The van der Waals surface area contributed by atoms with Crippen LogP contribution in [0.2, 0.25) is 0 Å². The Bertz CT molecular complexity index is 243. The van der Waals surface area contributed by atoms with Gasteiger partial charge in [-0.05, 0) is 18.9 Å². The summed E-state index contributed by atoms with van der Waals surface area (Å²) in [4.78, 5) is 1.40. The number of aryl methyl sites for hydroxylation is 1. The van der Waals surface area contributed by atoms with Crippen LogP contribution in [-0.4, -0.2) is 0 Å². The maximum absolute atomic E-state index is 5.10. The van der Waals surface area contributed by atoms with Crippen molar-refractivity contribution in [3.05, 3.63) is 14.3 Å². The Balaban J connectivity index is 3.23. The van der Waals surface area contributed by atoms with Crippen molar-refractivity contribution in [1.82, 2.24) is 0 Å². The van der Waals surface area contributed by atoms with Gasteiger partial charge < -0.3 is 0 Å². The van der Waals surface area contributed by atoms with Crippen molar-refractivity contribution in [2.45, 2.75) is 20.3 Å². The molecular formula is C6H8S3. The quantitative estimate of drug-likeness (QED) is 0.467. The van der Waals surface area contributed by atoms with Gasteiger partial charge in [0.15, 0.2) is 0 Å². The van der Waals surface area contributed by atoms with Crippen LogP contribution in [0, 0.1) is 10.7 Å². The first-order valence-electron chi connectivity index (χ1n) is 2.84. The summed E-state index contributed by atoms with van der Waals surface area (Å²) >= 11 is 5.10. The fourth-order valence-electron chi connectivity index (χ4n) is 0.738. The van der Waals surface area contributed by atoms with E-state index in [0.29, 0.717) is 0 Å². The lowest BCUT2D eigenvalue weighted by atomic mass is 10.2. The zero-order chi connectivity index (χ0) is 6.85. The second-order valence-electron chi connectivity index (χ2n) is 1.84. The summed E-state index contributed by atoms with van der Waals surface area (Å²) < 4.78 is 1.08. The van der Waals surface area contributed by atoms with Gasteiger partial charge in [-0.1, -0.05) is 39.8 Å². The Morgan fingerprint density at radius 2 is 2.11 bits per heavy atom. The van der Waals surface area contributed by atoms with Gasteiger partial charge in [0.05, 0.1) is 0 Å². The third kappa shape index (κ3) is 1.39. The summed E-state index contributed by atoms with van der Waals surface area (Å²) in [5.74, 6) is 0. The highest BCUT2D eigenvalue weighted by Gasteiger charge is 1.98. The molecule has 0 aliphatic carbocycles. The molecule has 50 valence electrons. The summed E-state index contributed by atoms with van der Waals surface area (Å²) in [6.45, 7) is 4.29. The van der Waals surface area contributed by atoms with E-state index in [0.717, 1.165) is 10.2 Å². The molecule has 0 bridgehead atoms. The molecular weight excluding hydrogens is 168 g/mol. The highest BCUT2D eigenvalue weighted by atomic mass is 32.9. The van der Waals surface area contributed by atoms with E-state index >= 15 is 0 Å². The minimum atomic E-state index is 1.08. The average Bonchev–Trinajstić information content (AvgIpc) is 2.12. The van der Waals surface area contributed by atoms with Crippen LogP contribution < -0.4 is 0 Å². The van der Waals surface area contributed by atoms with Gasteiger partial charge in [0.25, 0.3) is 0 Å². The first-order chi connectivity index (χ1) is 4.25. The zero-order valence-electron chi connectivity index (χ0n) is 5.43. The molecule has 9 heavy (non-hydrogen) atoms. The minimum Gasteiger partial charge on any atom is -0.0837 e. The Labute approximate surface area is 67.6 Å². The van der Waals surface area contributed by atoms with E-state index in [1.54, 1.807) is 20.7 Å². The second-order valence-corrected chi connectivity index (χ2v) is 4.86. The molecule has 1 heterocycles. The molecule has 0 atom stereocenters. The van der Waals surface area contributed by atoms with Gasteiger partial charge in [-0.25, -0.2) is 0 Å². The fourth-order valence-corrected chi connectivity index (χ4v) is 3.62. The molecule has 0 amide bonds. The highest BCUT2D eigenvalue weighted by Crippen LogP contribution is 2.23. The molecule has 0 spiro atoms. The average molecular weight is 176 g/mol. The van der Waals surface area contributed by atoms with Crippen molar-refractivity contribution in [3.63, 3.8) is 0 Å². The Kier molecular flexibility index (Phi) is 2.38. The predicted molar refractivity (Wildman–Crippen MR) is 47.1 cm³/mol. The lowest BCUT2D eigenvalue weighted by Gasteiger charge is -1.87. The standard InChI is InChI=1S/C6H8S3/c1-3-5-4(2)8-9-6(5)7/h3H2,1-2H3. The topological polar surface area (TPSA) is 0 Å². The lowest BCUT2D eigenvalue weighted by molar-refractivity contribution is 1.13. The van der Waals surface area contributed by atoms with Crippen LogP contribution in [-0.2, 0) is 6.42 Å². The van der Waals surface area contributed by atoms with Crippen LogP contribution >= 0.6 is 32.9 Å². The Hall–Kier alpha value is 0.270. The number of rotatable bonds is 1.